The Morgan fingerprint density at radius 3 is 2.44 bits per heavy atom. The van der Waals surface area contributed by atoms with Crippen molar-refractivity contribution < 1.29 is 9.53 Å². The first-order chi connectivity index (χ1) is 11.9. The highest BCUT2D eigenvalue weighted by Crippen LogP contribution is 2.29. The van der Waals surface area contributed by atoms with E-state index in [0.29, 0.717) is 19.7 Å². The maximum atomic E-state index is 12.4. The van der Waals surface area contributed by atoms with Crippen molar-refractivity contribution in [2.45, 2.75) is 19.9 Å². The Morgan fingerprint density at radius 1 is 1.20 bits per heavy atom. The summed E-state index contributed by atoms with van der Waals surface area (Å²) in [7, 11) is 4.07. The van der Waals surface area contributed by atoms with Crippen LogP contribution in [0.5, 0.6) is 5.75 Å². The van der Waals surface area contributed by atoms with Crippen LogP contribution >= 0.6 is 0 Å². The largest absolute Gasteiger partial charge is 0.490 e. The number of nitrogens with two attached hydrogens (primary N) is 1. The van der Waals surface area contributed by atoms with E-state index in [0.717, 1.165) is 31.1 Å². The molecule has 0 aromatic heterocycles. The van der Waals surface area contributed by atoms with Crippen molar-refractivity contribution in [3.63, 3.8) is 0 Å². The van der Waals surface area contributed by atoms with Crippen molar-refractivity contribution in [3.05, 3.63) is 24.3 Å². The molecule has 1 saturated heterocycles. The molecular formula is C19H32N4O2. The summed E-state index contributed by atoms with van der Waals surface area (Å²) < 4.78 is 5.96. The highest BCUT2D eigenvalue weighted by molar-refractivity contribution is 5.82. The predicted octanol–water partition coefficient (Wildman–Crippen LogP) is 1.26. The van der Waals surface area contributed by atoms with E-state index in [9.17, 15) is 4.79 Å². The Morgan fingerprint density at radius 2 is 1.84 bits per heavy atom. The maximum Gasteiger partial charge on any atom is 0.239 e. The molecule has 1 aromatic carbocycles. The summed E-state index contributed by atoms with van der Waals surface area (Å²) in [6, 6.07) is 7.71. The van der Waals surface area contributed by atoms with Crippen LogP contribution in [0, 0.1) is 5.92 Å². The summed E-state index contributed by atoms with van der Waals surface area (Å²) in [6.45, 7) is 8.50. The van der Waals surface area contributed by atoms with Gasteiger partial charge in [-0.1, -0.05) is 26.0 Å². The molecule has 1 aromatic rings. The van der Waals surface area contributed by atoms with Crippen molar-refractivity contribution in [2.24, 2.45) is 11.7 Å². The van der Waals surface area contributed by atoms with E-state index in [4.69, 9.17) is 10.5 Å². The number of hydrogen-bond acceptors (Lipinski definition) is 5. The maximum absolute atomic E-state index is 12.4. The molecule has 0 spiro atoms. The molecule has 25 heavy (non-hydrogen) atoms. The van der Waals surface area contributed by atoms with Gasteiger partial charge in [0.15, 0.2) is 0 Å². The first kappa shape index (κ1) is 19.5. The van der Waals surface area contributed by atoms with Gasteiger partial charge in [0.25, 0.3) is 0 Å². The van der Waals surface area contributed by atoms with Crippen LogP contribution in [0.3, 0.4) is 0 Å². The van der Waals surface area contributed by atoms with Crippen LogP contribution in [0.15, 0.2) is 24.3 Å². The average molecular weight is 348 g/mol. The number of likely N-dealkylation sites (N-methyl/N-ethyl adjacent to an activating group) is 1. The van der Waals surface area contributed by atoms with Gasteiger partial charge in [0, 0.05) is 32.7 Å². The predicted molar refractivity (Wildman–Crippen MR) is 102 cm³/mol. The monoisotopic (exact) mass is 348 g/mol. The second-order valence-corrected chi connectivity index (χ2v) is 7.20. The van der Waals surface area contributed by atoms with Gasteiger partial charge in [0.1, 0.15) is 12.4 Å². The number of amides is 1. The van der Waals surface area contributed by atoms with E-state index >= 15 is 0 Å². The zero-order valence-corrected chi connectivity index (χ0v) is 15.9. The molecule has 6 heteroatoms. The molecule has 1 atom stereocenters. The Hall–Kier alpha value is -1.79. The zero-order chi connectivity index (χ0) is 18.4. The summed E-state index contributed by atoms with van der Waals surface area (Å²) >= 11 is 0. The summed E-state index contributed by atoms with van der Waals surface area (Å²) in [5, 5.41) is 0. The van der Waals surface area contributed by atoms with Gasteiger partial charge in [-0.15, -0.1) is 0 Å². The van der Waals surface area contributed by atoms with Crippen molar-refractivity contribution in [2.75, 3.05) is 58.3 Å². The van der Waals surface area contributed by atoms with Crippen LogP contribution in [0.2, 0.25) is 0 Å². The average Bonchev–Trinajstić information content (AvgIpc) is 2.60. The fourth-order valence-electron chi connectivity index (χ4n) is 2.84. The van der Waals surface area contributed by atoms with Gasteiger partial charge in [-0.25, -0.2) is 0 Å². The lowest BCUT2D eigenvalue weighted by molar-refractivity contribution is -0.133. The molecular weight excluding hydrogens is 316 g/mol. The summed E-state index contributed by atoms with van der Waals surface area (Å²) in [5.41, 5.74) is 7.11. The molecule has 2 rings (SSSR count). The van der Waals surface area contributed by atoms with E-state index < -0.39 is 6.04 Å². The molecule has 1 amide bonds. The van der Waals surface area contributed by atoms with Gasteiger partial charge in [-0.05, 0) is 32.1 Å². The highest BCUT2D eigenvalue weighted by Gasteiger charge is 2.27. The number of nitrogens with zero attached hydrogens (tertiary/aromatic N) is 3. The van der Waals surface area contributed by atoms with Gasteiger partial charge in [0.05, 0.1) is 11.7 Å². The van der Waals surface area contributed by atoms with Gasteiger partial charge in [0.2, 0.25) is 5.91 Å². The molecule has 0 aliphatic carbocycles. The number of piperazine rings is 1. The van der Waals surface area contributed by atoms with Crippen LogP contribution in [0.1, 0.15) is 13.8 Å². The molecule has 0 saturated carbocycles. The third-order valence-electron chi connectivity index (χ3n) is 4.60. The molecule has 140 valence electrons. The number of anilines is 1. The second kappa shape index (κ2) is 9.06. The van der Waals surface area contributed by atoms with E-state index in [-0.39, 0.29) is 11.8 Å². The van der Waals surface area contributed by atoms with Crippen LogP contribution < -0.4 is 15.4 Å². The SMILES string of the molecule is CC(C)[C@H](N)C(=O)N1CCN(c2ccccc2OCCN(C)C)CC1. The molecule has 0 radical (unpaired) electrons. The second-order valence-electron chi connectivity index (χ2n) is 7.20. The molecule has 2 N–H and O–H groups in total. The third-order valence-corrected chi connectivity index (χ3v) is 4.60. The molecule has 1 aliphatic heterocycles. The number of rotatable bonds is 7. The van der Waals surface area contributed by atoms with Crippen molar-refractivity contribution in [1.29, 1.82) is 0 Å². The van der Waals surface area contributed by atoms with E-state index in [1.54, 1.807) is 0 Å². The lowest BCUT2D eigenvalue weighted by Crippen LogP contribution is -2.54. The Kier molecular flexibility index (Phi) is 7.08. The van der Waals surface area contributed by atoms with Crippen LogP contribution in [0.25, 0.3) is 0 Å². The molecule has 1 heterocycles. The number of carbonyl (C=O) groups is 1. The quantitative estimate of drug-likeness (QED) is 0.804. The highest BCUT2D eigenvalue weighted by atomic mass is 16.5. The van der Waals surface area contributed by atoms with Crippen molar-refractivity contribution in [1.82, 2.24) is 9.80 Å². The number of benzene rings is 1. The van der Waals surface area contributed by atoms with Crippen LogP contribution in [0.4, 0.5) is 5.69 Å². The fraction of sp³-hybridized carbons (Fsp3) is 0.632. The van der Waals surface area contributed by atoms with Gasteiger partial charge >= 0.3 is 0 Å². The molecule has 1 fully saturated rings. The number of para-hydroxylation sites is 2. The summed E-state index contributed by atoms with van der Waals surface area (Å²) in [5.74, 6) is 1.13. The van der Waals surface area contributed by atoms with E-state index in [1.807, 2.05) is 51.0 Å². The smallest absolute Gasteiger partial charge is 0.239 e. The minimum Gasteiger partial charge on any atom is -0.490 e. The van der Waals surface area contributed by atoms with Gasteiger partial charge in [-0.3, -0.25) is 4.79 Å². The first-order valence-corrected chi connectivity index (χ1v) is 9.06. The minimum absolute atomic E-state index is 0.0603. The van der Waals surface area contributed by atoms with Crippen LogP contribution in [-0.2, 0) is 4.79 Å². The summed E-state index contributed by atoms with van der Waals surface area (Å²) in [4.78, 5) is 18.7. The topological polar surface area (TPSA) is 62.0 Å². The number of hydrogen-bond donors (Lipinski definition) is 1. The molecule has 0 unspecified atom stereocenters. The van der Waals surface area contributed by atoms with E-state index in [1.165, 1.54) is 0 Å². The fourth-order valence-corrected chi connectivity index (χ4v) is 2.84. The van der Waals surface area contributed by atoms with Gasteiger partial charge in [-0.2, -0.15) is 0 Å². The van der Waals surface area contributed by atoms with Crippen LogP contribution in [-0.4, -0.2) is 75.2 Å². The normalized spacial score (nSPS) is 16.4. The Bertz CT molecular complexity index is 554. The number of carbonyl (C=O) groups excluding carboxylic acids is 1. The minimum atomic E-state index is -0.409. The lowest BCUT2D eigenvalue weighted by Gasteiger charge is -2.38. The first-order valence-electron chi connectivity index (χ1n) is 9.06. The third kappa shape index (κ3) is 5.34. The Labute approximate surface area is 151 Å². The van der Waals surface area contributed by atoms with E-state index in [2.05, 4.69) is 15.9 Å². The zero-order valence-electron chi connectivity index (χ0n) is 15.9. The number of ether oxygens (including phenoxy) is 1. The molecule has 0 bridgehead atoms. The Balaban J connectivity index is 1.95. The molecule has 6 nitrogen and oxygen atoms in total. The van der Waals surface area contributed by atoms with Crippen molar-refractivity contribution in [3.8, 4) is 5.75 Å². The summed E-state index contributed by atoms with van der Waals surface area (Å²) in [6.07, 6.45) is 0. The van der Waals surface area contributed by atoms with Gasteiger partial charge < -0.3 is 25.2 Å². The lowest BCUT2D eigenvalue weighted by atomic mass is 10.0. The standard InChI is InChI=1S/C19H32N4O2/c1-15(2)18(20)19(24)23-11-9-22(10-12-23)16-7-5-6-8-17(16)25-14-13-21(3)4/h5-8,15,18H,9-14,20H2,1-4H3/t18-/m0/s1. The molecule has 1 aliphatic rings. The van der Waals surface area contributed by atoms with Crippen molar-refractivity contribution >= 4 is 11.6 Å².